The second kappa shape index (κ2) is 4.24. The minimum Gasteiger partial charge on any atom is -0.480 e. The lowest BCUT2D eigenvalue weighted by molar-refractivity contribution is -0.384. The van der Waals surface area contributed by atoms with Gasteiger partial charge in [0.1, 0.15) is 5.69 Å². The van der Waals surface area contributed by atoms with Crippen molar-refractivity contribution in [3.8, 4) is 0 Å². The van der Waals surface area contributed by atoms with Crippen LogP contribution in [0, 0.1) is 16.0 Å². The second-order valence-electron chi connectivity index (χ2n) is 3.48. The maximum Gasteiger partial charge on any atom is 0.321 e. The molecule has 1 unspecified atom stereocenters. The van der Waals surface area contributed by atoms with Gasteiger partial charge in [-0.25, -0.2) is 0 Å². The normalized spacial score (nSPS) is 18.1. The van der Waals surface area contributed by atoms with Gasteiger partial charge < -0.3 is 5.11 Å². The number of amides is 1. The smallest absolute Gasteiger partial charge is 0.321 e. The quantitative estimate of drug-likeness (QED) is 0.479. The van der Waals surface area contributed by atoms with E-state index in [0.717, 1.165) is 11.2 Å². The molecule has 92 valence electrons. The van der Waals surface area contributed by atoms with E-state index in [0.29, 0.717) is 0 Å². The molecular weight excluding hydrogens is 242 g/mol. The van der Waals surface area contributed by atoms with Gasteiger partial charge in [-0.15, -0.1) is 0 Å². The SMILES string of the molecule is O=C(O)C1C=NN(c2ccccc2[N+](=O)[O-])C1=O. The molecule has 8 nitrogen and oxygen atoms in total. The van der Waals surface area contributed by atoms with Gasteiger partial charge in [-0.3, -0.25) is 19.7 Å². The summed E-state index contributed by atoms with van der Waals surface area (Å²) in [6, 6.07) is 5.49. The molecule has 0 bridgehead atoms. The largest absolute Gasteiger partial charge is 0.480 e. The maximum atomic E-state index is 11.7. The molecule has 0 saturated carbocycles. The summed E-state index contributed by atoms with van der Waals surface area (Å²) >= 11 is 0. The number of hydrogen-bond acceptors (Lipinski definition) is 5. The minimum absolute atomic E-state index is 0.0486. The average molecular weight is 249 g/mol. The number of benzene rings is 1. The number of nitro groups is 1. The summed E-state index contributed by atoms with van der Waals surface area (Å²) in [4.78, 5) is 32.6. The molecule has 1 atom stereocenters. The van der Waals surface area contributed by atoms with E-state index in [1.807, 2.05) is 0 Å². The number of rotatable bonds is 3. The molecule has 1 aliphatic heterocycles. The lowest BCUT2D eigenvalue weighted by Gasteiger charge is -2.12. The van der Waals surface area contributed by atoms with Gasteiger partial charge in [0.05, 0.1) is 4.92 Å². The highest BCUT2D eigenvalue weighted by molar-refractivity contribution is 6.19. The Morgan fingerprint density at radius 2 is 2.11 bits per heavy atom. The molecule has 0 saturated heterocycles. The first-order valence-corrected chi connectivity index (χ1v) is 4.86. The summed E-state index contributed by atoms with van der Waals surface area (Å²) in [7, 11) is 0. The zero-order valence-corrected chi connectivity index (χ0v) is 8.89. The molecule has 0 radical (unpaired) electrons. The van der Waals surface area contributed by atoms with Crippen LogP contribution in [-0.4, -0.2) is 28.1 Å². The molecule has 1 heterocycles. The van der Waals surface area contributed by atoms with Crippen molar-refractivity contribution < 1.29 is 19.6 Å². The van der Waals surface area contributed by atoms with Gasteiger partial charge >= 0.3 is 5.97 Å². The average Bonchev–Trinajstić information content (AvgIpc) is 2.71. The fourth-order valence-electron chi connectivity index (χ4n) is 1.53. The van der Waals surface area contributed by atoms with Crippen LogP contribution in [0.25, 0.3) is 0 Å². The van der Waals surface area contributed by atoms with E-state index < -0.39 is 22.7 Å². The first kappa shape index (κ1) is 11.7. The van der Waals surface area contributed by atoms with E-state index in [1.54, 1.807) is 0 Å². The highest BCUT2D eigenvalue weighted by atomic mass is 16.6. The Kier molecular flexibility index (Phi) is 2.76. The summed E-state index contributed by atoms with van der Waals surface area (Å²) in [6.45, 7) is 0. The molecule has 8 heteroatoms. The van der Waals surface area contributed by atoms with Gasteiger partial charge in [-0.1, -0.05) is 12.1 Å². The van der Waals surface area contributed by atoms with Crippen molar-refractivity contribution >= 4 is 29.5 Å². The molecule has 1 amide bonds. The monoisotopic (exact) mass is 249 g/mol. The summed E-state index contributed by atoms with van der Waals surface area (Å²) < 4.78 is 0. The van der Waals surface area contributed by atoms with Crippen LogP contribution in [0.5, 0.6) is 0 Å². The van der Waals surface area contributed by atoms with Gasteiger partial charge in [0.25, 0.3) is 11.6 Å². The summed E-state index contributed by atoms with van der Waals surface area (Å²) in [5.41, 5.74) is -0.360. The summed E-state index contributed by atoms with van der Waals surface area (Å²) in [5.74, 6) is -3.56. The minimum atomic E-state index is -1.40. The number of carbonyl (C=O) groups excluding carboxylic acids is 1. The number of nitro benzene ring substituents is 1. The third-order valence-electron chi connectivity index (χ3n) is 2.38. The van der Waals surface area contributed by atoms with Gasteiger partial charge in [-0.2, -0.15) is 10.1 Å². The molecule has 1 aromatic rings. The van der Waals surface area contributed by atoms with Crippen LogP contribution in [-0.2, 0) is 9.59 Å². The first-order valence-electron chi connectivity index (χ1n) is 4.86. The summed E-state index contributed by atoms with van der Waals surface area (Å²) in [5, 5.41) is 23.9. The number of carbonyl (C=O) groups is 2. The highest BCUT2D eigenvalue weighted by Gasteiger charge is 2.37. The Hall–Kier alpha value is -2.77. The van der Waals surface area contributed by atoms with Crippen LogP contribution in [0.2, 0.25) is 0 Å². The molecule has 2 rings (SSSR count). The molecule has 1 aliphatic rings. The van der Waals surface area contributed by atoms with Crippen molar-refractivity contribution in [1.29, 1.82) is 0 Å². The third kappa shape index (κ3) is 1.79. The second-order valence-corrected chi connectivity index (χ2v) is 3.48. The number of anilines is 1. The lowest BCUT2D eigenvalue weighted by Crippen LogP contribution is -2.31. The molecule has 0 aromatic heterocycles. The van der Waals surface area contributed by atoms with Crippen molar-refractivity contribution in [1.82, 2.24) is 0 Å². The molecule has 0 aliphatic carbocycles. The van der Waals surface area contributed by atoms with Crippen LogP contribution >= 0.6 is 0 Å². The van der Waals surface area contributed by atoms with Crippen LogP contribution in [0.3, 0.4) is 0 Å². The van der Waals surface area contributed by atoms with Crippen molar-refractivity contribution in [2.24, 2.45) is 11.0 Å². The van der Waals surface area contributed by atoms with Crippen LogP contribution in [0.15, 0.2) is 29.4 Å². The number of para-hydroxylation sites is 2. The predicted molar refractivity (Wildman–Crippen MR) is 60.2 cm³/mol. The van der Waals surface area contributed by atoms with Gasteiger partial charge in [0.15, 0.2) is 5.92 Å². The topological polar surface area (TPSA) is 113 Å². The number of carboxylic acids is 1. The molecule has 1 aromatic carbocycles. The van der Waals surface area contributed by atoms with Crippen LogP contribution in [0.1, 0.15) is 0 Å². The fraction of sp³-hybridized carbons (Fsp3) is 0.100. The van der Waals surface area contributed by atoms with Crippen LogP contribution in [0.4, 0.5) is 11.4 Å². The zero-order chi connectivity index (χ0) is 13.3. The molecule has 18 heavy (non-hydrogen) atoms. The summed E-state index contributed by atoms with van der Waals surface area (Å²) in [6.07, 6.45) is 0.946. The van der Waals surface area contributed by atoms with Crippen molar-refractivity contribution in [2.75, 3.05) is 5.01 Å². The van der Waals surface area contributed by atoms with Gasteiger partial charge in [0, 0.05) is 12.3 Å². The first-order chi connectivity index (χ1) is 8.52. The van der Waals surface area contributed by atoms with E-state index in [1.165, 1.54) is 24.3 Å². The van der Waals surface area contributed by atoms with E-state index >= 15 is 0 Å². The van der Waals surface area contributed by atoms with Crippen molar-refractivity contribution in [3.05, 3.63) is 34.4 Å². The van der Waals surface area contributed by atoms with E-state index in [4.69, 9.17) is 5.11 Å². The highest BCUT2D eigenvalue weighted by Crippen LogP contribution is 2.30. The number of nitrogens with zero attached hydrogens (tertiary/aromatic N) is 3. The van der Waals surface area contributed by atoms with Crippen molar-refractivity contribution in [3.63, 3.8) is 0 Å². The number of carboxylic acid groups (broad SMARTS) is 1. The lowest BCUT2D eigenvalue weighted by atomic mass is 10.1. The third-order valence-corrected chi connectivity index (χ3v) is 2.38. The number of hydrogen-bond donors (Lipinski definition) is 1. The molecular formula is C10H7N3O5. The molecule has 0 fully saturated rings. The molecule has 1 N–H and O–H groups in total. The number of aliphatic carboxylic acids is 1. The van der Waals surface area contributed by atoms with E-state index in [9.17, 15) is 19.7 Å². The number of hydrazone groups is 1. The van der Waals surface area contributed by atoms with E-state index in [2.05, 4.69) is 5.10 Å². The van der Waals surface area contributed by atoms with Gasteiger partial charge in [-0.05, 0) is 6.07 Å². The maximum absolute atomic E-state index is 11.7. The standard InChI is InChI=1S/C10H7N3O5/c14-9-6(10(15)16)5-11-12(9)7-3-1-2-4-8(7)13(17)18/h1-6H,(H,15,16). The fourth-order valence-corrected chi connectivity index (χ4v) is 1.53. The zero-order valence-electron chi connectivity index (χ0n) is 8.89. The van der Waals surface area contributed by atoms with Gasteiger partial charge in [0.2, 0.25) is 0 Å². The Labute approximate surface area is 100 Å². The van der Waals surface area contributed by atoms with Crippen LogP contribution < -0.4 is 5.01 Å². The molecule has 0 spiro atoms. The Balaban J connectivity index is 2.41. The van der Waals surface area contributed by atoms with E-state index in [-0.39, 0.29) is 11.4 Å². The Morgan fingerprint density at radius 3 is 2.67 bits per heavy atom. The Bertz CT molecular complexity index is 568. The Morgan fingerprint density at radius 1 is 1.44 bits per heavy atom. The predicted octanol–water partition coefficient (Wildman–Crippen LogP) is 0.628. The van der Waals surface area contributed by atoms with Crippen molar-refractivity contribution in [2.45, 2.75) is 0 Å².